The Hall–Kier alpha value is -3.32. The number of nitrogens with zero attached hydrogens (tertiary/aromatic N) is 1. The van der Waals surface area contributed by atoms with E-state index in [2.05, 4.69) is 0 Å². The molecule has 0 spiro atoms. The summed E-state index contributed by atoms with van der Waals surface area (Å²) in [6.07, 6.45) is 0. The minimum absolute atomic E-state index is 0.0171. The lowest BCUT2D eigenvalue weighted by atomic mass is 10.1. The van der Waals surface area contributed by atoms with Gasteiger partial charge >= 0.3 is 5.97 Å². The van der Waals surface area contributed by atoms with Gasteiger partial charge in [-0.2, -0.15) is 0 Å². The summed E-state index contributed by atoms with van der Waals surface area (Å²) in [7, 11) is -1.01. The number of anilines is 1. The van der Waals surface area contributed by atoms with Crippen LogP contribution in [-0.2, 0) is 10.0 Å². The number of sulfonamides is 1. The van der Waals surface area contributed by atoms with E-state index < -0.39 is 16.0 Å². The van der Waals surface area contributed by atoms with Gasteiger partial charge in [-0.25, -0.2) is 13.2 Å². The monoisotopic (exact) mass is 411 g/mol. The maximum absolute atomic E-state index is 13.2. The molecule has 3 rings (SSSR count). The number of esters is 1. The molecule has 3 aromatic rings. The van der Waals surface area contributed by atoms with Crippen LogP contribution in [0.1, 0.15) is 15.9 Å². The number of ether oxygens (including phenoxy) is 2. The molecule has 0 aliphatic rings. The van der Waals surface area contributed by atoms with E-state index >= 15 is 0 Å². The van der Waals surface area contributed by atoms with Crippen LogP contribution in [-0.4, -0.2) is 28.5 Å². The third kappa shape index (κ3) is 4.25. The first-order valence-corrected chi connectivity index (χ1v) is 10.3. The van der Waals surface area contributed by atoms with Crippen molar-refractivity contribution in [1.82, 2.24) is 0 Å². The van der Waals surface area contributed by atoms with Crippen LogP contribution >= 0.6 is 0 Å². The fourth-order valence-corrected chi connectivity index (χ4v) is 4.04. The molecule has 0 saturated heterocycles. The molecule has 0 bridgehead atoms. The Kier molecular flexibility index (Phi) is 5.89. The van der Waals surface area contributed by atoms with Crippen LogP contribution < -0.4 is 13.8 Å². The van der Waals surface area contributed by atoms with Gasteiger partial charge in [0.1, 0.15) is 11.5 Å². The van der Waals surface area contributed by atoms with Crippen molar-refractivity contribution < 1.29 is 22.7 Å². The number of methoxy groups -OCH3 is 1. The molecule has 0 N–H and O–H groups in total. The van der Waals surface area contributed by atoms with Crippen molar-refractivity contribution >= 4 is 21.7 Å². The van der Waals surface area contributed by atoms with Crippen LogP contribution in [0.15, 0.2) is 77.7 Å². The van der Waals surface area contributed by atoms with E-state index in [-0.39, 0.29) is 10.5 Å². The fraction of sp³-hybridized carbons (Fsp3) is 0.136. The zero-order chi connectivity index (χ0) is 21.0. The number of para-hydroxylation sites is 3. The van der Waals surface area contributed by atoms with Gasteiger partial charge in [0, 0.05) is 7.05 Å². The van der Waals surface area contributed by atoms with E-state index in [9.17, 15) is 13.2 Å². The van der Waals surface area contributed by atoms with E-state index in [4.69, 9.17) is 9.47 Å². The first kappa shape index (κ1) is 20.4. The second-order valence-electron chi connectivity index (χ2n) is 6.32. The molecule has 0 aromatic heterocycles. The van der Waals surface area contributed by atoms with Gasteiger partial charge in [0.05, 0.1) is 23.3 Å². The number of benzene rings is 3. The second kappa shape index (κ2) is 8.36. The van der Waals surface area contributed by atoms with E-state index in [1.807, 2.05) is 6.07 Å². The Morgan fingerprint density at radius 3 is 2.28 bits per heavy atom. The van der Waals surface area contributed by atoms with Gasteiger partial charge in [0.2, 0.25) is 0 Å². The highest BCUT2D eigenvalue weighted by molar-refractivity contribution is 7.92. The van der Waals surface area contributed by atoms with Gasteiger partial charge in [0.25, 0.3) is 10.0 Å². The Morgan fingerprint density at radius 2 is 1.59 bits per heavy atom. The molecule has 0 radical (unpaired) electrons. The number of carbonyl (C=O) groups is 1. The number of carbonyl (C=O) groups excluding carboxylic acids is 1. The summed E-state index contributed by atoms with van der Waals surface area (Å²) >= 11 is 0. The van der Waals surface area contributed by atoms with E-state index in [0.717, 1.165) is 4.31 Å². The first-order valence-electron chi connectivity index (χ1n) is 8.84. The Morgan fingerprint density at radius 1 is 0.931 bits per heavy atom. The second-order valence-corrected chi connectivity index (χ2v) is 8.29. The lowest BCUT2D eigenvalue weighted by Crippen LogP contribution is -2.27. The SMILES string of the molecule is COc1ccccc1N(C)S(=O)(=O)c1ccc(C)c(C(=O)Oc2ccccc2)c1. The van der Waals surface area contributed by atoms with Gasteiger partial charge in [-0.1, -0.05) is 36.4 Å². The van der Waals surface area contributed by atoms with Crippen LogP contribution in [0.5, 0.6) is 11.5 Å². The summed E-state index contributed by atoms with van der Waals surface area (Å²) in [6, 6.07) is 19.8. The van der Waals surface area contributed by atoms with Crippen molar-refractivity contribution in [3.63, 3.8) is 0 Å². The smallest absolute Gasteiger partial charge is 0.343 e. The molecule has 3 aromatic carbocycles. The minimum Gasteiger partial charge on any atom is -0.495 e. The van der Waals surface area contributed by atoms with Gasteiger partial charge in [-0.15, -0.1) is 0 Å². The van der Waals surface area contributed by atoms with Gasteiger partial charge in [-0.3, -0.25) is 4.31 Å². The average Bonchev–Trinajstić information content (AvgIpc) is 2.74. The molecule has 6 nitrogen and oxygen atoms in total. The topological polar surface area (TPSA) is 72.9 Å². The minimum atomic E-state index is -3.92. The highest BCUT2D eigenvalue weighted by Crippen LogP contribution is 2.31. The van der Waals surface area contributed by atoms with Crippen LogP contribution in [0.25, 0.3) is 0 Å². The number of rotatable bonds is 6. The summed E-state index contributed by atoms with van der Waals surface area (Å²) in [5.41, 5.74) is 1.19. The molecule has 0 aliphatic carbocycles. The summed E-state index contributed by atoms with van der Waals surface area (Å²) in [6.45, 7) is 1.72. The molecular weight excluding hydrogens is 390 g/mol. The number of hydrogen-bond donors (Lipinski definition) is 0. The van der Waals surface area contributed by atoms with Crippen LogP contribution in [0.4, 0.5) is 5.69 Å². The first-order chi connectivity index (χ1) is 13.8. The van der Waals surface area contributed by atoms with Gasteiger partial charge in [-0.05, 0) is 48.9 Å². The van der Waals surface area contributed by atoms with E-state index in [0.29, 0.717) is 22.7 Å². The molecule has 0 saturated carbocycles. The summed E-state index contributed by atoms with van der Waals surface area (Å²) in [5, 5.41) is 0. The van der Waals surface area contributed by atoms with E-state index in [1.54, 1.807) is 61.5 Å². The number of aryl methyl sites for hydroxylation is 1. The van der Waals surface area contributed by atoms with Crippen molar-refractivity contribution in [2.45, 2.75) is 11.8 Å². The molecule has 7 heteroatoms. The molecular formula is C22H21NO5S. The quantitative estimate of drug-likeness (QED) is 0.452. The zero-order valence-corrected chi connectivity index (χ0v) is 17.1. The van der Waals surface area contributed by atoms with Crippen molar-refractivity contribution in [2.75, 3.05) is 18.5 Å². The maximum Gasteiger partial charge on any atom is 0.343 e. The Bertz CT molecular complexity index is 1130. The average molecular weight is 411 g/mol. The molecule has 0 fully saturated rings. The van der Waals surface area contributed by atoms with Crippen LogP contribution in [0.3, 0.4) is 0 Å². The molecule has 0 aliphatic heterocycles. The van der Waals surface area contributed by atoms with Gasteiger partial charge < -0.3 is 9.47 Å². The van der Waals surface area contributed by atoms with Crippen molar-refractivity contribution in [2.24, 2.45) is 0 Å². The van der Waals surface area contributed by atoms with Gasteiger partial charge in [0.15, 0.2) is 0 Å². The zero-order valence-electron chi connectivity index (χ0n) is 16.3. The lowest BCUT2D eigenvalue weighted by molar-refractivity contribution is 0.0733. The standard InChI is InChI=1S/C22H21NO5S/c1-16-13-14-18(15-19(16)22(24)28-17-9-5-4-6-10-17)29(25,26)23(2)20-11-7-8-12-21(20)27-3/h4-15H,1-3H3. The summed E-state index contributed by atoms with van der Waals surface area (Å²) in [4.78, 5) is 12.6. The summed E-state index contributed by atoms with van der Waals surface area (Å²) in [5.74, 6) is 0.191. The molecule has 0 unspecified atom stereocenters. The highest BCUT2D eigenvalue weighted by atomic mass is 32.2. The third-order valence-electron chi connectivity index (χ3n) is 4.47. The molecule has 0 heterocycles. The number of hydrogen-bond acceptors (Lipinski definition) is 5. The maximum atomic E-state index is 13.2. The van der Waals surface area contributed by atoms with Crippen LogP contribution in [0.2, 0.25) is 0 Å². The highest BCUT2D eigenvalue weighted by Gasteiger charge is 2.25. The lowest BCUT2D eigenvalue weighted by Gasteiger charge is -2.22. The van der Waals surface area contributed by atoms with E-state index in [1.165, 1.54) is 26.3 Å². The summed E-state index contributed by atoms with van der Waals surface area (Å²) < 4.78 is 38.1. The predicted molar refractivity (Wildman–Crippen MR) is 111 cm³/mol. The predicted octanol–water partition coefficient (Wildman–Crippen LogP) is 4.05. The Labute approximate surface area is 170 Å². The molecule has 0 atom stereocenters. The van der Waals surface area contributed by atoms with Crippen molar-refractivity contribution in [1.29, 1.82) is 0 Å². The largest absolute Gasteiger partial charge is 0.495 e. The normalized spacial score (nSPS) is 11.0. The van der Waals surface area contributed by atoms with Crippen molar-refractivity contribution in [3.05, 3.63) is 83.9 Å². The molecule has 29 heavy (non-hydrogen) atoms. The molecule has 0 amide bonds. The fourth-order valence-electron chi connectivity index (χ4n) is 2.81. The third-order valence-corrected chi connectivity index (χ3v) is 6.23. The molecule has 150 valence electrons. The Balaban J connectivity index is 1.96. The van der Waals surface area contributed by atoms with Crippen LogP contribution in [0, 0.1) is 6.92 Å². The van der Waals surface area contributed by atoms with Crippen molar-refractivity contribution in [3.8, 4) is 11.5 Å².